The van der Waals surface area contributed by atoms with Gasteiger partial charge in [0.2, 0.25) is 5.95 Å². The van der Waals surface area contributed by atoms with Gasteiger partial charge in [-0.05, 0) is 44.2 Å². The molecule has 0 aliphatic heterocycles. The van der Waals surface area contributed by atoms with E-state index in [1.807, 2.05) is 18.2 Å². The summed E-state index contributed by atoms with van der Waals surface area (Å²) < 4.78 is 8.58. The molecule has 0 bridgehead atoms. The first-order valence-electron chi connectivity index (χ1n) is 10.7. The SMILES string of the molecule is Cc1cc(NC(=O)C(C)Oc2ccccc2)n(-c2nc3c(cnn3-c3cccc(Cl)c3)c(=O)[nH]2)n1. The molecular formula is C24H20ClN7O3. The Balaban J connectivity index is 1.49. The van der Waals surface area contributed by atoms with Crippen LogP contribution in [0.25, 0.3) is 22.7 Å². The van der Waals surface area contributed by atoms with E-state index < -0.39 is 11.7 Å². The lowest BCUT2D eigenvalue weighted by molar-refractivity contribution is -0.122. The number of amides is 1. The standard InChI is InChI=1S/C24H20ClN7O3/c1-14-11-20(27-22(33)15(2)35-18-9-4-3-5-10-18)32(30-14)24-28-21-19(23(34)29-24)13-26-31(21)17-8-6-7-16(25)12-17/h3-13,15H,1-2H3,(H,27,33)(H,28,29,34). The largest absolute Gasteiger partial charge is 0.481 e. The lowest BCUT2D eigenvalue weighted by Gasteiger charge is -2.15. The number of ether oxygens (including phenoxy) is 1. The predicted octanol–water partition coefficient (Wildman–Crippen LogP) is 3.66. The molecule has 5 rings (SSSR count). The fourth-order valence-corrected chi connectivity index (χ4v) is 3.72. The van der Waals surface area contributed by atoms with Gasteiger partial charge in [0, 0.05) is 11.1 Å². The van der Waals surface area contributed by atoms with Crippen LogP contribution in [0.15, 0.2) is 71.7 Å². The number of aromatic nitrogens is 6. The summed E-state index contributed by atoms with van der Waals surface area (Å²) in [5, 5.41) is 12.3. The second-order valence-electron chi connectivity index (χ2n) is 7.81. The summed E-state index contributed by atoms with van der Waals surface area (Å²) in [6.45, 7) is 3.41. The molecule has 176 valence electrons. The van der Waals surface area contributed by atoms with Gasteiger partial charge in [0.25, 0.3) is 11.5 Å². The Morgan fingerprint density at radius 1 is 1.11 bits per heavy atom. The number of aryl methyl sites for hydroxylation is 1. The minimum Gasteiger partial charge on any atom is -0.481 e. The molecule has 0 saturated carbocycles. The van der Waals surface area contributed by atoms with Crippen molar-refractivity contribution in [3.8, 4) is 17.4 Å². The third-order valence-electron chi connectivity index (χ3n) is 5.19. The molecule has 0 radical (unpaired) electrons. The summed E-state index contributed by atoms with van der Waals surface area (Å²) >= 11 is 6.13. The van der Waals surface area contributed by atoms with Crippen LogP contribution >= 0.6 is 11.6 Å². The number of fused-ring (bicyclic) bond motifs is 1. The average Bonchev–Trinajstić information content (AvgIpc) is 3.43. The van der Waals surface area contributed by atoms with E-state index in [1.54, 1.807) is 56.3 Å². The Hall–Kier alpha value is -4.44. The summed E-state index contributed by atoms with van der Waals surface area (Å²) in [5.74, 6) is 0.631. The van der Waals surface area contributed by atoms with Crippen LogP contribution in [0.2, 0.25) is 5.02 Å². The fraction of sp³-hybridized carbons (Fsp3) is 0.125. The number of carbonyl (C=O) groups excluding carboxylic acids is 1. The zero-order chi connectivity index (χ0) is 24.5. The number of hydrogen-bond donors (Lipinski definition) is 2. The zero-order valence-electron chi connectivity index (χ0n) is 18.8. The lowest BCUT2D eigenvalue weighted by atomic mass is 10.3. The zero-order valence-corrected chi connectivity index (χ0v) is 19.5. The van der Waals surface area contributed by atoms with Gasteiger partial charge in [-0.3, -0.25) is 14.6 Å². The molecule has 10 nitrogen and oxygen atoms in total. The Morgan fingerprint density at radius 3 is 2.69 bits per heavy atom. The van der Waals surface area contributed by atoms with Gasteiger partial charge in [-0.25, -0.2) is 4.68 Å². The van der Waals surface area contributed by atoms with Crippen LogP contribution < -0.4 is 15.6 Å². The highest BCUT2D eigenvalue weighted by molar-refractivity contribution is 6.30. The summed E-state index contributed by atoms with van der Waals surface area (Å²) in [5.41, 5.74) is 1.18. The van der Waals surface area contributed by atoms with Crippen LogP contribution in [0.3, 0.4) is 0 Å². The van der Waals surface area contributed by atoms with Gasteiger partial charge in [0.05, 0.1) is 17.6 Å². The van der Waals surface area contributed by atoms with E-state index in [4.69, 9.17) is 16.3 Å². The molecule has 0 saturated heterocycles. The quantitative estimate of drug-likeness (QED) is 0.375. The molecule has 1 atom stereocenters. The van der Waals surface area contributed by atoms with E-state index in [2.05, 4.69) is 25.5 Å². The number of benzene rings is 2. The van der Waals surface area contributed by atoms with Crippen LogP contribution in [0.5, 0.6) is 5.75 Å². The molecule has 0 aliphatic rings. The first-order chi connectivity index (χ1) is 16.9. The van der Waals surface area contributed by atoms with Gasteiger partial charge in [-0.2, -0.15) is 19.9 Å². The first-order valence-corrected chi connectivity index (χ1v) is 11.1. The molecular weight excluding hydrogens is 470 g/mol. The molecule has 3 heterocycles. The molecule has 11 heteroatoms. The van der Waals surface area contributed by atoms with Gasteiger partial charge >= 0.3 is 0 Å². The lowest BCUT2D eigenvalue weighted by Crippen LogP contribution is -2.31. The number of hydrogen-bond acceptors (Lipinski definition) is 6. The van der Waals surface area contributed by atoms with E-state index in [-0.39, 0.29) is 11.9 Å². The van der Waals surface area contributed by atoms with Gasteiger partial charge < -0.3 is 10.1 Å². The van der Waals surface area contributed by atoms with Gasteiger partial charge in [-0.1, -0.05) is 35.9 Å². The van der Waals surface area contributed by atoms with E-state index in [9.17, 15) is 9.59 Å². The number of halogens is 1. The van der Waals surface area contributed by atoms with E-state index in [1.165, 1.54) is 15.6 Å². The second kappa shape index (κ2) is 9.07. The summed E-state index contributed by atoms with van der Waals surface area (Å²) in [7, 11) is 0. The monoisotopic (exact) mass is 489 g/mol. The third-order valence-corrected chi connectivity index (χ3v) is 5.42. The van der Waals surface area contributed by atoms with Crippen molar-refractivity contribution in [1.29, 1.82) is 0 Å². The highest BCUT2D eigenvalue weighted by atomic mass is 35.5. The number of H-pyrrole nitrogens is 1. The predicted molar refractivity (Wildman–Crippen MR) is 132 cm³/mol. The van der Waals surface area contributed by atoms with Crippen molar-refractivity contribution in [1.82, 2.24) is 29.5 Å². The molecule has 1 amide bonds. The van der Waals surface area contributed by atoms with E-state index in [0.29, 0.717) is 39.0 Å². The summed E-state index contributed by atoms with van der Waals surface area (Å²) in [4.78, 5) is 32.9. The number of nitrogens with zero attached hydrogens (tertiary/aromatic N) is 5. The third kappa shape index (κ3) is 4.51. The van der Waals surface area contributed by atoms with Crippen molar-refractivity contribution in [3.05, 3.63) is 87.9 Å². The Bertz CT molecular complexity index is 1590. The van der Waals surface area contributed by atoms with E-state index in [0.717, 1.165) is 0 Å². The molecule has 3 aromatic heterocycles. The highest BCUT2D eigenvalue weighted by Gasteiger charge is 2.20. The molecule has 0 fully saturated rings. The van der Waals surface area contributed by atoms with Crippen molar-refractivity contribution in [2.24, 2.45) is 0 Å². The highest BCUT2D eigenvalue weighted by Crippen LogP contribution is 2.20. The van der Waals surface area contributed by atoms with Crippen LogP contribution in [-0.4, -0.2) is 41.5 Å². The van der Waals surface area contributed by atoms with Crippen LogP contribution in [0, 0.1) is 6.92 Å². The van der Waals surface area contributed by atoms with Crippen molar-refractivity contribution >= 4 is 34.4 Å². The number of carbonyl (C=O) groups is 1. The second-order valence-corrected chi connectivity index (χ2v) is 8.24. The number of anilines is 1. The fourth-order valence-electron chi connectivity index (χ4n) is 3.54. The number of para-hydroxylation sites is 1. The van der Waals surface area contributed by atoms with Gasteiger partial charge in [0.15, 0.2) is 11.8 Å². The van der Waals surface area contributed by atoms with Crippen molar-refractivity contribution in [2.45, 2.75) is 20.0 Å². The Kier molecular flexibility index (Phi) is 5.79. The molecule has 2 N–H and O–H groups in total. The first kappa shape index (κ1) is 22.4. The molecule has 1 unspecified atom stereocenters. The number of aromatic amines is 1. The molecule has 2 aromatic carbocycles. The van der Waals surface area contributed by atoms with E-state index >= 15 is 0 Å². The minimum atomic E-state index is -0.778. The maximum Gasteiger partial charge on any atom is 0.266 e. The summed E-state index contributed by atoms with van der Waals surface area (Å²) in [6, 6.07) is 17.8. The maximum atomic E-state index is 12.8. The van der Waals surface area contributed by atoms with Crippen LogP contribution in [0.1, 0.15) is 12.6 Å². The van der Waals surface area contributed by atoms with Crippen molar-refractivity contribution in [2.75, 3.05) is 5.32 Å². The molecule has 0 aliphatic carbocycles. The Labute approximate surface area is 204 Å². The van der Waals surface area contributed by atoms with Crippen molar-refractivity contribution in [3.63, 3.8) is 0 Å². The Morgan fingerprint density at radius 2 is 1.91 bits per heavy atom. The van der Waals surface area contributed by atoms with Gasteiger partial charge in [-0.15, -0.1) is 0 Å². The summed E-state index contributed by atoms with van der Waals surface area (Å²) in [6.07, 6.45) is 0.658. The molecule has 35 heavy (non-hydrogen) atoms. The molecule has 5 aromatic rings. The van der Waals surface area contributed by atoms with Crippen LogP contribution in [0.4, 0.5) is 5.82 Å². The normalized spacial score (nSPS) is 12.0. The van der Waals surface area contributed by atoms with Crippen LogP contribution in [-0.2, 0) is 4.79 Å². The minimum absolute atomic E-state index is 0.117. The average molecular weight is 490 g/mol. The smallest absolute Gasteiger partial charge is 0.266 e. The topological polar surface area (TPSA) is 120 Å². The van der Waals surface area contributed by atoms with Crippen molar-refractivity contribution < 1.29 is 9.53 Å². The number of rotatable bonds is 6. The molecule has 0 spiro atoms. The number of nitrogens with one attached hydrogen (secondary N) is 2. The maximum absolute atomic E-state index is 12.8. The van der Waals surface area contributed by atoms with Gasteiger partial charge in [0.1, 0.15) is 17.0 Å².